The van der Waals surface area contributed by atoms with Crippen molar-refractivity contribution in [3.05, 3.63) is 30.3 Å². The van der Waals surface area contributed by atoms with E-state index in [-0.39, 0.29) is 5.91 Å². The third kappa shape index (κ3) is 4.45. The molecule has 2 saturated heterocycles. The first kappa shape index (κ1) is 16.3. The van der Waals surface area contributed by atoms with Crippen LogP contribution in [0.3, 0.4) is 0 Å². The lowest BCUT2D eigenvalue weighted by Gasteiger charge is -2.33. The van der Waals surface area contributed by atoms with Crippen LogP contribution in [0, 0.1) is 5.92 Å². The molecule has 0 radical (unpaired) electrons. The monoisotopic (exact) mass is 316 g/mol. The molecule has 23 heavy (non-hydrogen) atoms. The zero-order chi connectivity index (χ0) is 16.1. The Labute approximate surface area is 139 Å². The van der Waals surface area contributed by atoms with E-state index < -0.39 is 0 Å². The summed E-state index contributed by atoms with van der Waals surface area (Å²) >= 11 is 0. The number of carbonyl (C=O) groups excluding carboxylic acids is 1. The largest absolute Gasteiger partial charge is 0.371 e. The Bertz CT molecular complexity index is 507. The number of piperazine rings is 1. The number of anilines is 1. The smallest absolute Gasteiger partial charge is 0.234 e. The van der Waals surface area contributed by atoms with Gasteiger partial charge in [-0.2, -0.15) is 0 Å². The van der Waals surface area contributed by atoms with E-state index in [1.807, 2.05) is 6.07 Å². The van der Waals surface area contributed by atoms with Crippen molar-refractivity contribution in [2.24, 2.45) is 5.92 Å². The Kier molecular flexibility index (Phi) is 5.51. The van der Waals surface area contributed by atoms with E-state index in [1.54, 1.807) is 0 Å². The van der Waals surface area contributed by atoms with Crippen LogP contribution in [0.1, 0.15) is 13.3 Å². The molecule has 0 bridgehead atoms. The summed E-state index contributed by atoms with van der Waals surface area (Å²) in [6.45, 7) is 8.52. The normalized spacial score (nSPS) is 25.5. The van der Waals surface area contributed by atoms with Crippen molar-refractivity contribution in [1.82, 2.24) is 15.5 Å². The molecule has 1 aromatic carbocycles. The molecule has 2 aliphatic heterocycles. The van der Waals surface area contributed by atoms with Gasteiger partial charge in [0.05, 0.1) is 6.54 Å². The van der Waals surface area contributed by atoms with Crippen molar-refractivity contribution in [3.8, 4) is 0 Å². The van der Waals surface area contributed by atoms with E-state index in [4.69, 9.17) is 0 Å². The molecule has 0 aromatic heterocycles. The van der Waals surface area contributed by atoms with Crippen LogP contribution in [0.25, 0.3) is 0 Å². The summed E-state index contributed by atoms with van der Waals surface area (Å²) in [4.78, 5) is 16.9. The summed E-state index contributed by atoms with van der Waals surface area (Å²) in [7, 11) is 0. The molecule has 0 aliphatic carbocycles. The van der Waals surface area contributed by atoms with Crippen molar-refractivity contribution in [3.63, 3.8) is 0 Å². The lowest BCUT2D eigenvalue weighted by Crippen LogP contribution is -2.53. The second-order valence-corrected chi connectivity index (χ2v) is 6.76. The highest BCUT2D eigenvalue weighted by Crippen LogP contribution is 2.22. The average molecular weight is 316 g/mol. The topological polar surface area (TPSA) is 47.6 Å². The zero-order valence-corrected chi connectivity index (χ0v) is 14.0. The number of carbonyl (C=O) groups is 1. The van der Waals surface area contributed by atoms with Crippen molar-refractivity contribution in [1.29, 1.82) is 0 Å². The van der Waals surface area contributed by atoms with E-state index in [9.17, 15) is 4.79 Å². The van der Waals surface area contributed by atoms with Gasteiger partial charge in [0.25, 0.3) is 0 Å². The molecule has 1 unspecified atom stereocenters. The summed E-state index contributed by atoms with van der Waals surface area (Å²) in [5, 5.41) is 6.49. The highest BCUT2D eigenvalue weighted by Gasteiger charge is 2.24. The number of para-hydroxylation sites is 1. The number of benzene rings is 1. The molecule has 2 aliphatic rings. The van der Waals surface area contributed by atoms with Gasteiger partial charge in [0.2, 0.25) is 5.91 Å². The Balaban J connectivity index is 1.40. The van der Waals surface area contributed by atoms with Gasteiger partial charge in [-0.05, 0) is 31.4 Å². The lowest BCUT2D eigenvalue weighted by atomic mass is 10.1. The highest BCUT2D eigenvalue weighted by atomic mass is 16.2. The molecule has 0 spiro atoms. The molecule has 2 heterocycles. The summed E-state index contributed by atoms with van der Waals surface area (Å²) in [5.41, 5.74) is 1.29. The minimum Gasteiger partial charge on any atom is -0.371 e. The van der Waals surface area contributed by atoms with Gasteiger partial charge in [-0.1, -0.05) is 18.2 Å². The summed E-state index contributed by atoms with van der Waals surface area (Å²) in [6.07, 6.45) is 1.15. The van der Waals surface area contributed by atoms with Gasteiger partial charge in [-0.15, -0.1) is 0 Å². The minimum absolute atomic E-state index is 0.164. The molecule has 2 N–H and O–H groups in total. The first-order valence-corrected chi connectivity index (χ1v) is 8.74. The fourth-order valence-corrected chi connectivity index (χ4v) is 3.49. The average Bonchev–Trinajstić information content (AvgIpc) is 3.05. The number of hydrogen-bond acceptors (Lipinski definition) is 4. The Morgan fingerprint density at radius 2 is 2.13 bits per heavy atom. The van der Waals surface area contributed by atoms with Crippen LogP contribution < -0.4 is 15.5 Å². The van der Waals surface area contributed by atoms with Crippen molar-refractivity contribution in [2.45, 2.75) is 19.4 Å². The lowest BCUT2D eigenvalue weighted by molar-refractivity contribution is -0.123. The summed E-state index contributed by atoms with van der Waals surface area (Å²) in [6, 6.07) is 11.0. The maximum Gasteiger partial charge on any atom is 0.234 e. The van der Waals surface area contributed by atoms with E-state index >= 15 is 0 Å². The maximum atomic E-state index is 12.2. The third-order valence-electron chi connectivity index (χ3n) is 4.98. The molecular weight excluding hydrogens is 288 g/mol. The predicted octanol–water partition coefficient (Wildman–Crippen LogP) is 0.923. The van der Waals surface area contributed by atoms with Crippen LogP contribution in [-0.2, 0) is 4.79 Å². The zero-order valence-electron chi connectivity index (χ0n) is 14.0. The van der Waals surface area contributed by atoms with E-state index in [0.717, 1.165) is 45.7 Å². The maximum absolute atomic E-state index is 12.2. The fourth-order valence-electron chi connectivity index (χ4n) is 3.49. The van der Waals surface area contributed by atoms with Gasteiger partial charge in [-0.25, -0.2) is 0 Å². The quantitative estimate of drug-likeness (QED) is 0.848. The van der Waals surface area contributed by atoms with Crippen LogP contribution in [-0.4, -0.2) is 62.7 Å². The molecule has 126 valence electrons. The first-order valence-electron chi connectivity index (χ1n) is 8.74. The van der Waals surface area contributed by atoms with E-state index in [2.05, 4.69) is 51.6 Å². The Morgan fingerprint density at radius 3 is 2.91 bits per heavy atom. The van der Waals surface area contributed by atoms with Crippen molar-refractivity contribution < 1.29 is 4.79 Å². The van der Waals surface area contributed by atoms with Crippen molar-refractivity contribution in [2.75, 3.05) is 50.7 Å². The second-order valence-electron chi connectivity index (χ2n) is 6.76. The molecular formula is C18H28N4O. The van der Waals surface area contributed by atoms with Crippen LogP contribution in [0.4, 0.5) is 5.69 Å². The summed E-state index contributed by atoms with van der Waals surface area (Å²) < 4.78 is 0. The van der Waals surface area contributed by atoms with E-state index in [0.29, 0.717) is 18.5 Å². The standard InChI is InChI=1S/C18H28N4O/c1-15-11-19-8-10-21(15)14-18(23)20-12-16-7-9-22(13-16)17-5-3-2-4-6-17/h2-6,15-16,19H,7-14H2,1H3,(H,20,23)/t15-,16?/m1/s1. The number of amides is 1. The van der Waals surface area contributed by atoms with E-state index in [1.165, 1.54) is 5.69 Å². The van der Waals surface area contributed by atoms with Crippen LogP contribution in [0.15, 0.2) is 30.3 Å². The molecule has 2 atom stereocenters. The van der Waals surface area contributed by atoms with Gasteiger partial charge >= 0.3 is 0 Å². The molecule has 5 nitrogen and oxygen atoms in total. The molecule has 1 amide bonds. The number of rotatable bonds is 5. The molecule has 3 rings (SSSR count). The third-order valence-corrected chi connectivity index (χ3v) is 4.98. The second kappa shape index (κ2) is 7.79. The number of nitrogens with zero attached hydrogens (tertiary/aromatic N) is 2. The predicted molar refractivity (Wildman–Crippen MR) is 93.7 cm³/mol. The van der Waals surface area contributed by atoms with Gasteiger partial charge < -0.3 is 15.5 Å². The fraction of sp³-hybridized carbons (Fsp3) is 0.611. The van der Waals surface area contributed by atoms with Crippen LogP contribution in [0.2, 0.25) is 0 Å². The minimum atomic E-state index is 0.164. The summed E-state index contributed by atoms with van der Waals surface area (Å²) in [5.74, 6) is 0.719. The van der Waals surface area contributed by atoms with Crippen LogP contribution in [0.5, 0.6) is 0 Å². The van der Waals surface area contributed by atoms with Gasteiger partial charge in [0.15, 0.2) is 0 Å². The number of nitrogens with one attached hydrogen (secondary N) is 2. The molecule has 0 saturated carbocycles. The Morgan fingerprint density at radius 1 is 1.30 bits per heavy atom. The molecule has 1 aromatic rings. The molecule has 5 heteroatoms. The van der Waals surface area contributed by atoms with Crippen molar-refractivity contribution >= 4 is 11.6 Å². The molecule has 2 fully saturated rings. The Hall–Kier alpha value is -1.59. The highest BCUT2D eigenvalue weighted by molar-refractivity contribution is 5.78. The van der Waals surface area contributed by atoms with Crippen LogP contribution >= 0.6 is 0 Å². The van der Waals surface area contributed by atoms with Gasteiger partial charge in [-0.3, -0.25) is 9.69 Å². The van der Waals surface area contributed by atoms with Gasteiger partial charge in [0, 0.05) is 51.0 Å². The number of hydrogen-bond donors (Lipinski definition) is 2. The first-order chi connectivity index (χ1) is 11.2. The SMILES string of the molecule is C[C@@H]1CNCCN1CC(=O)NCC1CCN(c2ccccc2)C1. The van der Waals surface area contributed by atoms with Gasteiger partial charge in [0.1, 0.15) is 0 Å².